The second kappa shape index (κ2) is 7.27. The fourth-order valence-electron chi connectivity index (χ4n) is 2.03. The molecule has 1 aromatic heterocycles. The van der Waals surface area contributed by atoms with Crippen LogP contribution in [0.5, 0.6) is 0 Å². The van der Waals surface area contributed by atoms with Gasteiger partial charge in [0.15, 0.2) is 5.69 Å². The number of sulfone groups is 1. The van der Waals surface area contributed by atoms with E-state index in [1.807, 2.05) is 26.0 Å². The average molecular weight is 368 g/mol. The Kier molecular flexibility index (Phi) is 5.56. The molecule has 1 N–H and O–H groups in total. The predicted octanol–water partition coefficient (Wildman–Crippen LogP) is 3.18. The number of benzene rings is 1. The summed E-state index contributed by atoms with van der Waals surface area (Å²) >= 11 is 5.96. The number of anilines is 1. The molecular weight excluding hydrogens is 350 g/mol. The van der Waals surface area contributed by atoms with Crippen LogP contribution in [0.1, 0.15) is 35.0 Å². The molecule has 0 aliphatic heterocycles. The molecule has 0 aliphatic carbocycles. The molecule has 128 valence electrons. The maximum absolute atomic E-state index is 12.4. The number of rotatable bonds is 5. The maximum Gasteiger partial charge on any atom is 0.275 e. The summed E-state index contributed by atoms with van der Waals surface area (Å²) in [5.74, 6) is -0.675. The van der Waals surface area contributed by atoms with E-state index in [1.54, 1.807) is 13.0 Å². The lowest BCUT2D eigenvalue weighted by Crippen LogP contribution is -2.18. The minimum atomic E-state index is -3.63. The Morgan fingerprint density at radius 3 is 2.58 bits per heavy atom. The number of hydrogen-bond acceptors (Lipinski definition) is 5. The number of carbonyl (C=O) groups is 1. The lowest BCUT2D eigenvalue weighted by molar-refractivity contribution is 0.102. The van der Waals surface area contributed by atoms with Crippen LogP contribution in [0, 0.1) is 13.8 Å². The Bertz CT molecular complexity index is 882. The van der Waals surface area contributed by atoms with Gasteiger partial charge in [0.05, 0.1) is 17.0 Å². The number of aromatic nitrogens is 2. The van der Waals surface area contributed by atoms with Crippen LogP contribution >= 0.6 is 11.6 Å². The molecule has 0 fully saturated rings. The average Bonchev–Trinajstić information content (AvgIpc) is 2.51. The quantitative estimate of drug-likeness (QED) is 0.820. The number of nitrogens with one attached hydrogen (secondary N) is 1. The number of carbonyl (C=O) groups excluding carboxylic acids is 1. The summed E-state index contributed by atoms with van der Waals surface area (Å²) in [4.78, 5) is 20.0. The summed E-state index contributed by atoms with van der Waals surface area (Å²) in [6, 6.07) is 5.45. The molecule has 8 heteroatoms. The van der Waals surface area contributed by atoms with Gasteiger partial charge < -0.3 is 5.32 Å². The van der Waals surface area contributed by atoms with Crippen molar-refractivity contribution in [2.75, 3.05) is 11.1 Å². The Morgan fingerprint density at radius 1 is 1.25 bits per heavy atom. The lowest BCUT2D eigenvalue weighted by Gasteiger charge is -2.09. The topological polar surface area (TPSA) is 89.0 Å². The second-order valence-electron chi connectivity index (χ2n) is 5.42. The molecule has 0 saturated carbocycles. The van der Waals surface area contributed by atoms with E-state index in [-0.39, 0.29) is 21.6 Å². The zero-order chi connectivity index (χ0) is 17.9. The van der Waals surface area contributed by atoms with Gasteiger partial charge in [0, 0.05) is 5.69 Å². The largest absolute Gasteiger partial charge is 0.321 e. The van der Waals surface area contributed by atoms with Crippen molar-refractivity contribution in [2.45, 2.75) is 32.3 Å². The number of aryl methyl sites for hydroxylation is 2. The Balaban J connectivity index is 2.33. The zero-order valence-corrected chi connectivity index (χ0v) is 15.2. The highest BCUT2D eigenvalue weighted by molar-refractivity contribution is 7.91. The molecule has 0 atom stereocenters. The number of amides is 1. The molecule has 0 unspecified atom stereocenters. The highest BCUT2D eigenvalue weighted by Crippen LogP contribution is 2.19. The molecule has 1 heterocycles. The molecule has 0 aliphatic rings. The van der Waals surface area contributed by atoms with Crippen LogP contribution < -0.4 is 5.32 Å². The maximum atomic E-state index is 12.4. The summed E-state index contributed by atoms with van der Waals surface area (Å²) in [5.41, 5.74) is 2.53. The van der Waals surface area contributed by atoms with Crippen LogP contribution in [0.2, 0.25) is 5.02 Å². The first-order valence-corrected chi connectivity index (χ1v) is 9.41. The van der Waals surface area contributed by atoms with Gasteiger partial charge in [-0.05, 0) is 43.5 Å². The van der Waals surface area contributed by atoms with Crippen molar-refractivity contribution in [3.8, 4) is 0 Å². The van der Waals surface area contributed by atoms with E-state index in [2.05, 4.69) is 15.3 Å². The number of halogens is 1. The predicted molar refractivity (Wildman–Crippen MR) is 93.3 cm³/mol. The van der Waals surface area contributed by atoms with Gasteiger partial charge in [0.1, 0.15) is 0 Å². The molecule has 0 radical (unpaired) electrons. The second-order valence-corrected chi connectivity index (χ2v) is 7.83. The highest BCUT2D eigenvalue weighted by Gasteiger charge is 2.21. The molecule has 0 spiro atoms. The number of hydrogen-bond donors (Lipinski definition) is 1. The first kappa shape index (κ1) is 18.4. The van der Waals surface area contributed by atoms with Crippen LogP contribution in [-0.2, 0) is 9.84 Å². The van der Waals surface area contributed by atoms with E-state index in [1.165, 1.54) is 0 Å². The fraction of sp³-hybridized carbons (Fsp3) is 0.312. The van der Waals surface area contributed by atoms with Gasteiger partial charge in [-0.3, -0.25) is 4.79 Å². The summed E-state index contributed by atoms with van der Waals surface area (Å²) in [7, 11) is -3.63. The molecule has 1 amide bonds. The zero-order valence-electron chi connectivity index (χ0n) is 13.6. The van der Waals surface area contributed by atoms with Crippen molar-refractivity contribution in [1.29, 1.82) is 0 Å². The minimum absolute atomic E-state index is 0.00761. The van der Waals surface area contributed by atoms with Crippen LogP contribution in [-0.4, -0.2) is 30.0 Å². The molecular formula is C16H18ClN3O3S. The highest BCUT2D eigenvalue weighted by atomic mass is 35.5. The molecule has 6 nitrogen and oxygen atoms in total. The third-order valence-corrected chi connectivity index (χ3v) is 5.43. The van der Waals surface area contributed by atoms with Crippen molar-refractivity contribution < 1.29 is 13.2 Å². The van der Waals surface area contributed by atoms with Gasteiger partial charge >= 0.3 is 0 Å². The van der Waals surface area contributed by atoms with E-state index in [4.69, 9.17) is 11.6 Å². The van der Waals surface area contributed by atoms with E-state index in [0.29, 0.717) is 12.1 Å². The van der Waals surface area contributed by atoms with Crippen LogP contribution in [0.15, 0.2) is 29.6 Å². The normalized spacial score (nSPS) is 11.3. The first-order chi connectivity index (χ1) is 11.2. The summed E-state index contributed by atoms with van der Waals surface area (Å²) in [5, 5.41) is 2.27. The summed E-state index contributed by atoms with van der Waals surface area (Å²) in [6.07, 6.45) is 1.56. The van der Waals surface area contributed by atoms with Crippen molar-refractivity contribution in [1.82, 2.24) is 9.97 Å². The van der Waals surface area contributed by atoms with Gasteiger partial charge in [-0.2, -0.15) is 0 Å². The van der Waals surface area contributed by atoms with Gasteiger partial charge in [-0.1, -0.05) is 24.6 Å². The molecule has 2 rings (SSSR count). The Hall–Kier alpha value is -1.99. The third kappa shape index (κ3) is 4.10. The van der Waals surface area contributed by atoms with Crippen molar-refractivity contribution in [2.24, 2.45) is 0 Å². The van der Waals surface area contributed by atoms with E-state index >= 15 is 0 Å². The molecule has 0 saturated heterocycles. The smallest absolute Gasteiger partial charge is 0.275 e. The standard InChI is InChI=1S/C16H18ClN3O3S/c1-4-7-24(22,23)16-18-9-13(17)14(20-16)15(21)19-12-6-5-10(2)11(3)8-12/h5-6,8-9H,4,7H2,1-3H3,(H,19,21). The summed E-state index contributed by atoms with van der Waals surface area (Å²) < 4.78 is 24.1. The molecule has 0 bridgehead atoms. The fourth-order valence-corrected chi connectivity index (χ4v) is 3.37. The lowest BCUT2D eigenvalue weighted by atomic mass is 10.1. The summed E-state index contributed by atoms with van der Waals surface area (Å²) in [6.45, 7) is 5.63. The van der Waals surface area contributed by atoms with Crippen molar-refractivity contribution in [3.05, 3.63) is 46.2 Å². The van der Waals surface area contributed by atoms with E-state index < -0.39 is 15.7 Å². The van der Waals surface area contributed by atoms with Crippen LogP contribution in [0.3, 0.4) is 0 Å². The Morgan fingerprint density at radius 2 is 1.96 bits per heavy atom. The minimum Gasteiger partial charge on any atom is -0.321 e. The van der Waals surface area contributed by atoms with Gasteiger partial charge in [0.25, 0.3) is 5.91 Å². The van der Waals surface area contributed by atoms with E-state index in [9.17, 15) is 13.2 Å². The number of nitrogens with zero attached hydrogens (tertiary/aromatic N) is 2. The SMILES string of the molecule is CCCS(=O)(=O)c1ncc(Cl)c(C(=O)Nc2ccc(C)c(C)c2)n1. The monoisotopic (exact) mass is 367 g/mol. The molecule has 1 aromatic carbocycles. The van der Waals surface area contributed by atoms with Crippen molar-refractivity contribution in [3.63, 3.8) is 0 Å². The van der Waals surface area contributed by atoms with Crippen LogP contribution in [0.4, 0.5) is 5.69 Å². The van der Waals surface area contributed by atoms with E-state index in [0.717, 1.165) is 17.3 Å². The Labute approximate surface area is 146 Å². The van der Waals surface area contributed by atoms with Crippen molar-refractivity contribution >= 4 is 33.0 Å². The molecule has 24 heavy (non-hydrogen) atoms. The van der Waals surface area contributed by atoms with Gasteiger partial charge in [-0.15, -0.1) is 0 Å². The third-order valence-electron chi connectivity index (χ3n) is 3.45. The first-order valence-electron chi connectivity index (χ1n) is 7.38. The van der Waals surface area contributed by atoms with Gasteiger partial charge in [-0.25, -0.2) is 18.4 Å². The van der Waals surface area contributed by atoms with Crippen LogP contribution in [0.25, 0.3) is 0 Å². The molecule has 2 aromatic rings. The van der Waals surface area contributed by atoms with Gasteiger partial charge in [0.2, 0.25) is 15.0 Å².